The Morgan fingerprint density at radius 1 is 0.925 bits per heavy atom. The van der Waals surface area contributed by atoms with E-state index >= 15 is 0 Å². The maximum absolute atomic E-state index is 12.5. The molecule has 2 aromatic heterocycles. The minimum Gasteiger partial charge on any atom is -0.490 e. The van der Waals surface area contributed by atoms with Crippen LogP contribution >= 0.6 is 0 Å². The van der Waals surface area contributed by atoms with Gasteiger partial charge in [-0.2, -0.15) is 0 Å². The van der Waals surface area contributed by atoms with Crippen LogP contribution in [0.5, 0.6) is 17.2 Å². The molecule has 204 valence electrons. The van der Waals surface area contributed by atoms with E-state index in [-0.39, 0.29) is 11.8 Å². The summed E-state index contributed by atoms with van der Waals surface area (Å²) in [6.07, 6.45) is 8.19. The zero-order valence-electron chi connectivity index (χ0n) is 22.1. The first kappa shape index (κ1) is 26.8. The number of benzene rings is 2. The number of amides is 2. The predicted molar refractivity (Wildman–Crippen MR) is 155 cm³/mol. The van der Waals surface area contributed by atoms with Gasteiger partial charge in [-0.25, -0.2) is 4.98 Å². The molecule has 2 amide bonds. The van der Waals surface area contributed by atoms with Gasteiger partial charge in [0.25, 0.3) is 5.91 Å². The van der Waals surface area contributed by atoms with Crippen LogP contribution in [0.15, 0.2) is 85.7 Å². The van der Waals surface area contributed by atoms with Crippen LogP contribution in [-0.2, 0) is 4.79 Å². The lowest BCUT2D eigenvalue weighted by molar-refractivity contribution is -0.111. The molecule has 9 nitrogen and oxygen atoms in total. The van der Waals surface area contributed by atoms with Crippen LogP contribution in [0, 0.1) is 0 Å². The highest BCUT2D eigenvalue weighted by Gasteiger charge is 2.15. The van der Waals surface area contributed by atoms with Crippen LogP contribution in [-0.4, -0.2) is 52.9 Å². The molecule has 1 aliphatic rings. The molecule has 0 unspecified atom stereocenters. The van der Waals surface area contributed by atoms with Crippen molar-refractivity contribution in [3.05, 3.63) is 91.3 Å². The lowest BCUT2D eigenvalue weighted by Gasteiger charge is -2.26. The Hall–Kier alpha value is -4.76. The van der Waals surface area contributed by atoms with E-state index in [2.05, 4.69) is 32.1 Å². The molecule has 40 heavy (non-hydrogen) atoms. The fraction of sp³-hybridized carbons (Fsp3) is 0.226. The summed E-state index contributed by atoms with van der Waals surface area (Å²) in [5.74, 6) is 1.49. The van der Waals surface area contributed by atoms with E-state index in [9.17, 15) is 9.59 Å². The third-order valence-electron chi connectivity index (χ3n) is 6.61. The maximum Gasteiger partial charge on any atom is 0.256 e. The van der Waals surface area contributed by atoms with E-state index in [1.54, 1.807) is 67.0 Å². The summed E-state index contributed by atoms with van der Waals surface area (Å²) >= 11 is 0. The Morgan fingerprint density at radius 3 is 2.50 bits per heavy atom. The molecular formula is C31H31N5O4. The zero-order valence-corrected chi connectivity index (χ0v) is 22.1. The fourth-order valence-corrected chi connectivity index (χ4v) is 4.53. The first-order valence-electron chi connectivity index (χ1n) is 13.3. The Bertz CT molecular complexity index is 1490. The van der Waals surface area contributed by atoms with Crippen molar-refractivity contribution in [3.8, 4) is 17.2 Å². The Labute approximate surface area is 232 Å². The van der Waals surface area contributed by atoms with Gasteiger partial charge in [-0.15, -0.1) is 0 Å². The minimum absolute atomic E-state index is 0.268. The van der Waals surface area contributed by atoms with E-state index in [0.29, 0.717) is 51.8 Å². The highest BCUT2D eigenvalue weighted by molar-refractivity contribution is 6.04. The number of carbonyl (C=O) groups excluding carboxylic acids is 2. The first-order valence-corrected chi connectivity index (χ1v) is 13.3. The molecule has 5 rings (SSSR count). The zero-order chi connectivity index (χ0) is 27.7. The largest absolute Gasteiger partial charge is 0.490 e. The third kappa shape index (κ3) is 6.81. The molecule has 1 fully saturated rings. The van der Waals surface area contributed by atoms with E-state index in [1.165, 1.54) is 25.3 Å². The summed E-state index contributed by atoms with van der Waals surface area (Å²) < 4.78 is 12.3. The lowest BCUT2D eigenvalue weighted by Crippen LogP contribution is -2.33. The van der Waals surface area contributed by atoms with Crippen molar-refractivity contribution in [3.63, 3.8) is 0 Å². The van der Waals surface area contributed by atoms with E-state index < -0.39 is 0 Å². The average Bonchev–Trinajstić information content (AvgIpc) is 2.99. The molecule has 0 aliphatic carbocycles. The second-order valence-corrected chi connectivity index (χ2v) is 9.41. The van der Waals surface area contributed by atoms with Crippen LogP contribution in [0.3, 0.4) is 0 Å². The van der Waals surface area contributed by atoms with Crippen molar-refractivity contribution in [1.29, 1.82) is 0 Å². The van der Waals surface area contributed by atoms with Crippen molar-refractivity contribution < 1.29 is 19.1 Å². The van der Waals surface area contributed by atoms with Gasteiger partial charge in [0.1, 0.15) is 29.7 Å². The second kappa shape index (κ2) is 12.9. The Kier molecular flexibility index (Phi) is 8.63. The molecule has 3 heterocycles. The van der Waals surface area contributed by atoms with Gasteiger partial charge in [-0.3, -0.25) is 19.5 Å². The Morgan fingerprint density at radius 2 is 1.75 bits per heavy atom. The van der Waals surface area contributed by atoms with Crippen LogP contribution in [0.4, 0.5) is 11.5 Å². The summed E-state index contributed by atoms with van der Waals surface area (Å²) in [7, 11) is 0. The number of fused-ring (bicyclic) bond motifs is 1. The van der Waals surface area contributed by atoms with Gasteiger partial charge in [0.2, 0.25) is 5.91 Å². The molecule has 1 aliphatic heterocycles. The molecular weight excluding hydrogens is 506 g/mol. The van der Waals surface area contributed by atoms with Crippen LogP contribution in [0.1, 0.15) is 29.6 Å². The molecule has 2 N–H and O–H groups in total. The number of piperidine rings is 1. The summed E-state index contributed by atoms with van der Waals surface area (Å²) in [6, 6.07) is 17.5. The van der Waals surface area contributed by atoms with Crippen molar-refractivity contribution in [2.75, 3.05) is 36.9 Å². The number of nitrogens with zero attached hydrogens (tertiary/aromatic N) is 3. The molecule has 0 bridgehead atoms. The van der Waals surface area contributed by atoms with Crippen molar-refractivity contribution in [1.82, 2.24) is 14.9 Å². The summed E-state index contributed by atoms with van der Waals surface area (Å²) in [4.78, 5) is 35.7. The number of likely N-dealkylation sites (tertiary alicyclic amines) is 1. The summed E-state index contributed by atoms with van der Waals surface area (Å²) in [6.45, 7) is 7.04. The van der Waals surface area contributed by atoms with Gasteiger partial charge >= 0.3 is 0 Å². The number of pyridine rings is 2. The first-order chi connectivity index (χ1) is 19.6. The van der Waals surface area contributed by atoms with Gasteiger partial charge < -0.3 is 20.1 Å². The summed E-state index contributed by atoms with van der Waals surface area (Å²) in [5, 5.41) is 6.30. The lowest BCUT2D eigenvalue weighted by atomic mass is 10.1. The Balaban J connectivity index is 1.33. The average molecular weight is 538 g/mol. The quantitative estimate of drug-likeness (QED) is 0.251. The van der Waals surface area contributed by atoms with Gasteiger partial charge in [0.15, 0.2) is 0 Å². The number of carbonyl (C=O) groups is 2. The maximum atomic E-state index is 12.5. The second-order valence-electron chi connectivity index (χ2n) is 9.41. The van der Waals surface area contributed by atoms with Crippen LogP contribution in [0.2, 0.25) is 0 Å². The van der Waals surface area contributed by atoms with Crippen molar-refractivity contribution >= 4 is 34.2 Å². The normalized spacial score (nSPS) is 13.4. The van der Waals surface area contributed by atoms with Crippen LogP contribution in [0.25, 0.3) is 10.9 Å². The van der Waals surface area contributed by atoms with Gasteiger partial charge in [0, 0.05) is 36.0 Å². The highest BCUT2D eigenvalue weighted by Crippen LogP contribution is 2.36. The number of ether oxygens (including phenoxy) is 2. The van der Waals surface area contributed by atoms with Crippen molar-refractivity contribution in [2.45, 2.75) is 19.3 Å². The molecule has 1 saturated heterocycles. The molecule has 0 saturated carbocycles. The number of hydrogen-bond donors (Lipinski definition) is 2. The van der Waals surface area contributed by atoms with E-state index in [0.717, 1.165) is 19.6 Å². The SMILES string of the molecule is C=CC(=O)Nc1cc2c(Oc3ccc(C(=O)Nc4ccccn4)cc3)ccnc2cc1OCCN1CCCCC1. The molecule has 0 atom stereocenters. The van der Waals surface area contributed by atoms with Gasteiger partial charge in [0.05, 0.1) is 11.2 Å². The molecule has 9 heteroatoms. The van der Waals surface area contributed by atoms with Crippen LogP contribution < -0.4 is 20.1 Å². The monoisotopic (exact) mass is 537 g/mol. The smallest absolute Gasteiger partial charge is 0.256 e. The molecule has 0 radical (unpaired) electrons. The van der Waals surface area contributed by atoms with E-state index in [1.807, 2.05) is 6.07 Å². The summed E-state index contributed by atoms with van der Waals surface area (Å²) in [5.41, 5.74) is 1.64. The van der Waals surface area contributed by atoms with E-state index in [4.69, 9.17) is 9.47 Å². The number of nitrogens with one attached hydrogen (secondary N) is 2. The number of hydrogen-bond acceptors (Lipinski definition) is 7. The predicted octanol–water partition coefficient (Wildman–Crippen LogP) is 5.66. The van der Waals surface area contributed by atoms with Gasteiger partial charge in [-0.1, -0.05) is 19.1 Å². The number of aromatic nitrogens is 2. The van der Waals surface area contributed by atoms with Gasteiger partial charge in [-0.05, 0) is 80.5 Å². The molecule has 4 aromatic rings. The number of anilines is 2. The molecule has 2 aromatic carbocycles. The fourth-order valence-electron chi connectivity index (χ4n) is 4.53. The topological polar surface area (TPSA) is 106 Å². The highest BCUT2D eigenvalue weighted by atomic mass is 16.5. The van der Waals surface area contributed by atoms with Crippen molar-refractivity contribution in [2.24, 2.45) is 0 Å². The minimum atomic E-state index is -0.342. The molecule has 0 spiro atoms. The number of rotatable bonds is 10. The standard InChI is InChI=1S/C31H31N5O4/c1-2-30(37)34-26-20-24-25(21-28(26)39-19-18-36-16-6-3-7-17-36)32-15-13-27(24)40-23-11-9-22(10-12-23)31(38)35-29-8-4-5-14-33-29/h2,4-5,8-15,20-21H,1,3,6-7,16-19H2,(H,34,37)(H,33,35,38). The third-order valence-corrected chi connectivity index (χ3v) is 6.61.